The molecule has 1 fully saturated rings. The van der Waals surface area contributed by atoms with Crippen LogP contribution in [0.25, 0.3) is 11.3 Å². The summed E-state index contributed by atoms with van der Waals surface area (Å²) in [7, 11) is 0. The fourth-order valence-corrected chi connectivity index (χ4v) is 2.36. The van der Waals surface area contributed by atoms with E-state index in [0.29, 0.717) is 12.6 Å². The molecule has 0 saturated carbocycles. The second-order valence-electron chi connectivity index (χ2n) is 4.75. The molecule has 1 aliphatic heterocycles. The first-order chi connectivity index (χ1) is 9.43. The highest BCUT2D eigenvalue weighted by molar-refractivity contribution is 5.60. The summed E-state index contributed by atoms with van der Waals surface area (Å²) in [4.78, 5) is 0. The van der Waals surface area contributed by atoms with E-state index in [0.717, 1.165) is 36.5 Å². The van der Waals surface area contributed by atoms with Crippen molar-refractivity contribution in [3.63, 3.8) is 0 Å². The van der Waals surface area contributed by atoms with Crippen LogP contribution in [0.2, 0.25) is 0 Å². The minimum Gasteiger partial charge on any atom is -0.377 e. The summed E-state index contributed by atoms with van der Waals surface area (Å²) in [6, 6.07) is 10.1. The molecule has 0 radical (unpaired) electrons. The first-order valence-corrected chi connectivity index (χ1v) is 6.71. The topological polar surface area (TPSA) is 62.8 Å². The molecule has 1 aromatic heterocycles. The van der Waals surface area contributed by atoms with Gasteiger partial charge in [0.05, 0.1) is 6.10 Å². The van der Waals surface area contributed by atoms with Gasteiger partial charge in [-0.25, -0.2) is 0 Å². The Morgan fingerprint density at radius 1 is 1.26 bits per heavy atom. The molecule has 5 heteroatoms. The second-order valence-corrected chi connectivity index (χ2v) is 4.75. The number of rotatable bonds is 5. The summed E-state index contributed by atoms with van der Waals surface area (Å²) in [5.41, 5.74) is 2.95. The Morgan fingerprint density at radius 2 is 2.16 bits per heavy atom. The van der Waals surface area contributed by atoms with E-state index in [1.807, 2.05) is 30.3 Å². The van der Waals surface area contributed by atoms with Crippen LogP contribution in [0.1, 0.15) is 18.5 Å². The molecule has 1 saturated heterocycles. The van der Waals surface area contributed by atoms with Gasteiger partial charge in [0, 0.05) is 25.3 Å². The first-order valence-electron chi connectivity index (χ1n) is 6.71. The Hall–Kier alpha value is -1.72. The van der Waals surface area contributed by atoms with Crippen LogP contribution >= 0.6 is 0 Å². The third-order valence-electron chi connectivity index (χ3n) is 3.36. The van der Waals surface area contributed by atoms with Crippen LogP contribution in [0, 0.1) is 0 Å². The zero-order chi connectivity index (χ0) is 12.9. The lowest BCUT2D eigenvalue weighted by atomic mass is 10.1. The molecule has 0 aliphatic carbocycles. The van der Waals surface area contributed by atoms with Gasteiger partial charge in [0.1, 0.15) is 11.4 Å². The second kappa shape index (κ2) is 5.95. The molecule has 2 heterocycles. The Kier molecular flexibility index (Phi) is 3.86. The number of nitrogens with one attached hydrogen (secondary N) is 2. The van der Waals surface area contributed by atoms with Gasteiger partial charge < -0.3 is 10.1 Å². The third-order valence-corrected chi connectivity index (χ3v) is 3.36. The normalized spacial score (nSPS) is 18.8. The van der Waals surface area contributed by atoms with Gasteiger partial charge in [-0.2, -0.15) is 15.4 Å². The third kappa shape index (κ3) is 3.00. The smallest absolute Gasteiger partial charge is 0.117 e. The number of ether oxygens (including phenoxy) is 1. The van der Waals surface area contributed by atoms with Crippen molar-refractivity contribution in [3.8, 4) is 11.3 Å². The Labute approximate surface area is 112 Å². The molecule has 2 aromatic rings. The number of benzene rings is 1. The van der Waals surface area contributed by atoms with Crippen LogP contribution in [-0.4, -0.2) is 34.7 Å². The van der Waals surface area contributed by atoms with Crippen molar-refractivity contribution >= 4 is 0 Å². The van der Waals surface area contributed by atoms with E-state index in [1.54, 1.807) is 0 Å². The summed E-state index contributed by atoms with van der Waals surface area (Å²) < 4.78 is 5.58. The standard InChI is InChI=1S/C14H18N4O/c1-2-5-11(6-3-1)14-13(16-18-17-14)10-15-9-12-7-4-8-19-12/h1-3,5-6,12,15H,4,7-10H2,(H,16,17,18). The maximum absolute atomic E-state index is 5.58. The number of aromatic nitrogens is 3. The average molecular weight is 258 g/mol. The molecule has 0 bridgehead atoms. The van der Waals surface area contributed by atoms with Gasteiger partial charge in [-0.05, 0) is 12.8 Å². The van der Waals surface area contributed by atoms with Crippen molar-refractivity contribution in [2.45, 2.75) is 25.5 Å². The van der Waals surface area contributed by atoms with E-state index in [2.05, 4.69) is 20.7 Å². The lowest BCUT2D eigenvalue weighted by Crippen LogP contribution is -2.26. The quantitative estimate of drug-likeness (QED) is 0.857. The molecule has 1 unspecified atom stereocenters. The van der Waals surface area contributed by atoms with E-state index < -0.39 is 0 Å². The Bertz CT molecular complexity index is 505. The predicted octanol–water partition coefficient (Wildman–Crippen LogP) is 1.74. The number of aromatic amines is 1. The summed E-state index contributed by atoms with van der Waals surface area (Å²) in [5.74, 6) is 0. The number of H-pyrrole nitrogens is 1. The molecule has 1 atom stereocenters. The van der Waals surface area contributed by atoms with Gasteiger partial charge in [-0.15, -0.1) is 0 Å². The van der Waals surface area contributed by atoms with Gasteiger partial charge in [-0.1, -0.05) is 30.3 Å². The van der Waals surface area contributed by atoms with E-state index in [1.165, 1.54) is 6.42 Å². The largest absolute Gasteiger partial charge is 0.377 e. The molecule has 3 rings (SSSR count). The van der Waals surface area contributed by atoms with Gasteiger partial charge in [-0.3, -0.25) is 0 Å². The van der Waals surface area contributed by atoms with E-state index in [-0.39, 0.29) is 0 Å². The highest BCUT2D eigenvalue weighted by Gasteiger charge is 2.15. The van der Waals surface area contributed by atoms with E-state index in [4.69, 9.17) is 4.74 Å². The van der Waals surface area contributed by atoms with Crippen LogP contribution in [0.5, 0.6) is 0 Å². The molecule has 0 amide bonds. The number of hydrogen-bond donors (Lipinski definition) is 2. The lowest BCUT2D eigenvalue weighted by molar-refractivity contribution is 0.110. The summed E-state index contributed by atoms with van der Waals surface area (Å²) in [6.45, 7) is 2.48. The maximum Gasteiger partial charge on any atom is 0.117 e. The van der Waals surface area contributed by atoms with Gasteiger partial charge >= 0.3 is 0 Å². The highest BCUT2D eigenvalue weighted by Crippen LogP contribution is 2.18. The maximum atomic E-state index is 5.58. The van der Waals surface area contributed by atoms with Crippen LogP contribution in [0.3, 0.4) is 0 Å². The molecule has 100 valence electrons. The van der Waals surface area contributed by atoms with Crippen LogP contribution < -0.4 is 5.32 Å². The molecule has 1 aromatic carbocycles. The number of hydrogen-bond acceptors (Lipinski definition) is 4. The van der Waals surface area contributed by atoms with Crippen LogP contribution in [-0.2, 0) is 11.3 Å². The Balaban J connectivity index is 1.61. The fraction of sp³-hybridized carbons (Fsp3) is 0.429. The molecular weight excluding hydrogens is 240 g/mol. The zero-order valence-corrected chi connectivity index (χ0v) is 10.8. The molecule has 0 spiro atoms. The van der Waals surface area contributed by atoms with Gasteiger partial charge in [0.2, 0.25) is 0 Å². The minimum absolute atomic E-state index is 0.354. The highest BCUT2D eigenvalue weighted by atomic mass is 16.5. The molecular formula is C14H18N4O. The first kappa shape index (κ1) is 12.3. The van der Waals surface area contributed by atoms with Crippen molar-refractivity contribution in [2.75, 3.05) is 13.2 Å². The Morgan fingerprint density at radius 3 is 2.95 bits per heavy atom. The van der Waals surface area contributed by atoms with Crippen molar-refractivity contribution in [1.29, 1.82) is 0 Å². The molecule has 2 N–H and O–H groups in total. The monoisotopic (exact) mass is 258 g/mol. The van der Waals surface area contributed by atoms with Gasteiger partial charge in [0.15, 0.2) is 0 Å². The van der Waals surface area contributed by atoms with Gasteiger partial charge in [0.25, 0.3) is 0 Å². The van der Waals surface area contributed by atoms with Crippen LogP contribution in [0.4, 0.5) is 0 Å². The molecule has 19 heavy (non-hydrogen) atoms. The summed E-state index contributed by atoms with van der Waals surface area (Å²) in [5, 5.41) is 14.5. The number of nitrogens with zero attached hydrogens (tertiary/aromatic N) is 2. The molecule has 1 aliphatic rings. The van der Waals surface area contributed by atoms with Crippen molar-refractivity contribution < 1.29 is 4.74 Å². The average Bonchev–Trinajstić information content (AvgIpc) is 3.11. The fourth-order valence-electron chi connectivity index (χ4n) is 2.36. The summed E-state index contributed by atoms with van der Waals surface area (Å²) in [6.07, 6.45) is 2.68. The van der Waals surface area contributed by atoms with Crippen LogP contribution in [0.15, 0.2) is 30.3 Å². The lowest BCUT2D eigenvalue weighted by Gasteiger charge is -2.09. The van der Waals surface area contributed by atoms with Crippen molar-refractivity contribution in [3.05, 3.63) is 36.0 Å². The van der Waals surface area contributed by atoms with E-state index in [9.17, 15) is 0 Å². The SMILES string of the molecule is c1ccc(-c2n[nH]nc2CNCC2CCCO2)cc1. The van der Waals surface area contributed by atoms with Crippen molar-refractivity contribution in [1.82, 2.24) is 20.7 Å². The summed E-state index contributed by atoms with van der Waals surface area (Å²) >= 11 is 0. The molecule has 5 nitrogen and oxygen atoms in total. The predicted molar refractivity (Wildman–Crippen MR) is 72.5 cm³/mol. The van der Waals surface area contributed by atoms with Crippen molar-refractivity contribution in [2.24, 2.45) is 0 Å². The van der Waals surface area contributed by atoms with E-state index >= 15 is 0 Å². The zero-order valence-electron chi connectivity index (χ0n) is 10.8. The minimum atomic E-state index is 0.354.